The van der Waals surface area contributed by atoms with Gasteiger partial charge in [-0.15, -0.1) is 10.2 Å². The van der Waals surface area contributed by atoms with Gasteiger partial charge in [-0.2, -0.15) is 0 Å². The van der Waals surface area contributed by atoms with Gasteiger partial charge in [0.2, 0.25) is 15.2 Å². The van der Waals surface area contributed by atoms with E-state index in [1.165, 1.54) is 11.3 Å². The molecule has 124 valence electrons. The number of aromatic nitrogens is 2. The summed E-state index contributed by atoms with van der Waals surface area (Å²) < 4.78 is 22.2. The van der Waals surface area contributed by atoms with Crippen LogP contribution in [0.1, 0.15) is 37.6 Å². The van der Waals surface area contributed by atoms with Gasteiger partial charge in [0.05, 0.1) is 5.75 Å². The van der Waals surface area contributed by atoms with Crippen molar-refractivity contribution >= 4 is 32.5 Å². The molecule has 8 nitrogen and oxygen atoms in total. The molecule has 0 aliphatic carbocycles. The van der Waals surface area contributed by atoms with Crippen LogP contribution < -0.4 is 10.5 Å². The highest BCUT2D eigenvalue weighted by Crippen LogP contribution is 2.23. The van der Waals surface area contributed by atoms with Crippen LogP contribution in [-0.2, 0) is 10.0 Å². The van der Waals surface area contributed by atoms with E-state index in [-0.39, 0.29) is 23.6 Å². The average Bonchev–Trinajstić information content (AvgIpc) is 2.86. The van der Waals surface area contributed by atoms with Crippen LogP contribution in [0.4, 0.5) is 9.93 Å². The number of primary sulfonamides is 1. The zero-order valence-corrected chi connectivity index (χ0v) is 14.3. The third-order valence-electron chi connectivity index (χ3n) is 3.52. The molecule has 0 unspecified atom stereocenters. The Morgan fingerprint density at radius 1 is 1.41 bits per heavy atom. The Balaban J connectivity index is 1.84. The Morgan fingerprint density at radius 3 is 2.55 bits per heavy atom. The molecule has 0 saturated carbocycles. The van der Waals surface area contributed by atoms with E-state index in [1.807, 2.05) is 13.8 Å². The van der Waals surface area contributed by atoms with E-state index < -0.39 is 10.0 Å². The molecule has 22 heavy (non-hydrogen) atoms. The highest BCUT2D eigenvalue weighted by atomic mass is 32.2. The molecule has 3 N–H and O–H groups in total. The molecule has 0 spiro atoms. The summed E-state index contributed by atoms with van der Waals surface area (Å²) in [6, 6.07) is -0.222. The van der Waals surface area contributed by atoms with E-state index in [4.69, 9.17) is 5.14 Å². The molecule has 0 radical (unpaired) electrons. The lowest BCUT2D eigenvalue weighted by molar-refractivity contribution is 0.187. The quantitative estimate of drug-likeness (QED) is 0.848. The topological polar surface area (TPSA) is 118 Å². The van der Waals surface area contributed by atoms with Crippen LogP contribution >= 0.6 is 11.3 Å². The molecule has 1 aromatic heterocycles. The molecule has 1 saturated heterocycles. The number of anilines is 1. The molecule has 2 heterocycles. The number of likely N-dealkylation sites (tertiary alicyclic amines) is 1. The Bertz CT molecular complexity index is 620. The summed E-state index contributed by atoms with van der Waals surface area (Å²) in [4.78, 5) is 13.8. The number of hydrogen-bond donors (Lipinski definition) is 2. The molecule has 2 amide bonds. The number of nitrogens with zero attached hydrogens (tertiary/aromatic N) is 3. The molecule has 10 heteroatoms. The highest BCUT2D eigenvalue weighted by Gasteiger charge is 2.25. The van der Waals surface area contributed by atoms with Crippen molar-refractivity contribution in [2.45, 2.75) is 32.6 Å². The van der Waals surface area contributed by atoms with Gasteiger partial charge in [-0.25, -0.2) is 18.4 Å². The number of piperidine rings is 1. The third-order valence-corrected chi connectivity index (χ3v) is 5.59. The SMILES string of the molecule is CC(C)c1nnc(NC(=O)N2CCC(CS(N)(=O)=O)CC2)s1. The number of nitrogens with two attached hydrogens (primary N) is 1. The number of carbonyl (C=O) groups excluding carboxylic acids is 1. The van der Waals surface area contributed by atoms with Crippen molar-refractivity contribution in [2.24, 2.45) is 11.1 Å². The summed E-state index contributed by atoms with van der Waals surface area (Å²) in [5, 5.41) is 17.1. The van der Waals surface area contributed by atoms with Crippen molar-refractivity contribution in [1.29, 1.82) is 0 Å². The fourth-order valence-electron chi connectivity index (χ4n) is 2.32. The normalized spacial score (nSPS) is 17.0. The van der Waals surface area contributed by atoms with Gasteiger partial charge in [0, 0.05) is 19.0 Å². The predicted octanol–water partition coefficient (Wildman–Crippen LogP) is 1.19. The molecule has 2 rings (SSSR count). The Kier molecular flexibility index (Phi) is 5.35. The lowest BCUT2D eigenvalue weighted by Crippen LogP contribution is -2.42. The van der Waals surface area contributed by atoms with Crippen LogP contribution in [0.2, 0.25) is 0 Å². The maximum atomic E-state index is 12.1. The molecule has 1 fully saturated rings. The number of sulfonamides is 1. The summed E-state index contributed by atoms with van der Waals surface area (Å²) in [6.45, 7) is 5.06. The maximum Gasteiger partial charge on any atom is 0.323 e. The molecular weight excluding hydrogens is 326 g/mol. The minimum Gasteiger partial charge on any atom is -0.324 e. The van der Waals surface area contributed by atoms with Crippen LogP contribution in [0.5, 0.6) is 0 Å². The van der Waals surface area contributed by atoms with E-state index in [9.17, 15) is 13.2 Å². The number of carbonyl (C=O) groups is 1. The van der Waals surface area contributed by atoms with Gasteiger partial charge in [-0.05, 0) is 18.8 Å². The van der Waals surface area contributed by atoms with Gasteiger partial charge in [0.25, 0.3) is 0 Å². The minimum absolute atomic E-state index is 0.0173. The van der Waals surface area contributed by atoms with Crippen molar-refractivity contribution in [3.05, 3.63) is 5.01 Å². The monoisotopic (exact) mass is 347 g/mol. The first-order valence-electron chi connectivity index (χ1n) is 7.14. The second-order valence-electron chi connectivity index (χ2n) is 5.79. The second kappa shape index (κ2) is 6.88. The fraction of sp³-hybridized carbons (Fsp3) is 0.750. The van der Waals surface area contributed by atoms with E-state index in [1.54, 1.807) is 4.90 Å². The molecular formula is C12H21N5O3S2. The Labute approximate surface area is 134 Å². The first-order chi connectivity index (χ1) is 10.2. The van der Waals surface area contributed by atoms with E-state index >= 15 is 0 Å². The van der Waals surface area contributed by atoms with E-state index in [2.05, 4.69) is 15.5 Å². The lowest BCUT2D eigenvalue weighted by atomic mass is 9.99. The van der Waals surface area contributed by atoms with Gasteiger partial charge in [-0.3, -0.25) is 5.32 Å². The predicted molar refractivity (Wildman–Crippen MR) is 85.3 cm³/mol. The number of nitrogens with one attached hydrogen (secondary N) is 1. The molecule has 0 aromatic carbocycles. The van der Waals surface area contributed by atoms with E-state index in [0.29, 0.717) is 31.1 Å². The molecule has 1 aliphatic rings. The van der Waals surface area contributed by atoms with Crippen LogP contribution in [0.3, 0.4) is 0 Å². The highest BCUT2D eigenvalue weighted by molar-refractivity contribution is 7.89. The van der Waals surface area contributed by atoms with E-state index in [0.717, 1.165) is 5.01 Å². The fourth-order valence-corrected chi connectivity index (χ4v) is 4.05. The van der Waals surface area contributed by atoms with Gasteiger partial charge in [0.1, 0.15) is 5.01 Å². The largest absolute Gasteiger partial charge is 0.324 e. The van der Waals surface area contributed by atoms with Crippen molar-refractivity contribution in [3.8, 4) is 0 Å². The smallest absolute Gasteiger partial charge is 0.323 e. The zero-order chi connectivity index (χ0) is 16.3. The molecule has 1 aliphatic heterocycles. The van der Waals surface area contributed by atoms with Crippen LogP contribution in [0.25, 0.3) is 0 Å². The summed E-state index contributed by atoms with van der Waals surface area (Å²) in [5.41, 5.74) is 0. The van der Waals surface area contributed by atoms with Crippen LogP contribution in [0, 0.1) is 5.92 Å². The summed E-state index contributed by atoms with van der Waals surface area (Å²) >= 11 is 1.37. The Morgan fingerprint density at radius 2 is 2.05 bits per heavy atom. The van der Waals surface area contributed by atoms with Crippen LogP contribution in [0.15, 0.2) is 0 Å². The standard InChI is InChI=1S/C12H21N5O3S2/c1-8(2)10-15-16-11(21-10)14-12(18)17-5-3-9(4-6-17)7-22(13,19)20/h8-9H,3-7H2,1-2H3,(H2,13,19,20)(H,14,16,18). The van der Waals surface area contributed by atoms with Crippen molar-refractivity contribution < 1.29 is 13.2 Å². The van der Waals surface area contributed by atoms with Gasteiger partial charge >= 0.3 is 6.03 Å². The van der Waals surface area contributed by atoms with Gasteiger partial charge in [-0.1, -0.05) is 25.2 Å². The molecule has 0 bridgehead atoms. The number of amides is 2. The first kappa shape index (κ1) is 17.1. The molecule has 1 aromatic rings. The van der Waals surface area contributed by atoms with Crippen LogP contribution in [-0.4, -0.2) is 48.4 Å². The average molecular weight is 347 g/mol. The number of urea groups is 1. The van der Waals surface area contributed by atoms with Gasteiger partial charge in [0.15, 0.2) is 0 Å². The lowest BCUT2D eigenvalue weighted by Gasteiger charge is -2.31. The first-order valence-corrected chi connectivity index (χ1v) is 9.67. The summed E-state index contributed by atoms with van der Waals surface area (Å²) in [5.74, 6) is 0.279. The zero-order valence-electron chi connectivity index (χ0n) is 12.7. The maximum absolute atomic E-state index is 12.1. The number of rotatable bonds is 4. The van der Waals surface area contributed by atoms with Crippen molar-refractivity contribution in [3.63, 3.8) is 0 Å². The second-order valence-corrected chi connectivity index (χ2v) is 8.46. The Hall–Kier alpha value is -1.26. The minimum atomic E-state index is -3.45. The third kappa shape index (κ3) is 4.89. The van der Waals surface area contributed by atoms with Crippen molar-refractivity contribution in [2.75, 3.05) is 24.2 Å². The van der Waals surface area contributed by atoms with Gasteiger partial charge < -0.3 is 4.90 Å². The number of hydrogen-bond acceptors (Lipinski definition) is 6. The molecule has 0 atom stereocenters. The summed E-state index contributed by atoms with van der Waals surface area (Å²) in [6.07, 6.45) is 1.27. The van der Waals surface area contributed by atoms with Crippen molar-refractivity contribution in [1.82, 2.24) is 15.1 Å². The summed E-state index contributed by atoms with van der Waals surface area (Å²) in [7, 11) is -3.45.